The zero-order valence-corrected chi connectivity index (χ0v) is 15.2. The molecule has 3 aromatic rings. The van der Waals surface area contributed by atoms with Crippen molar-refractivity contribution in [3.8, 4) is 11.6 Å². The average molecular weight is 370 g/mol. The highest BCUT2D eigenvalue weighted by atomic mass is 19.1. The molecular weight excluding hydrogens is 351 g/mol. The Labute approximate surface area is 155 Å². The van der Waals surface area contributed by atoms with E-state index in [9.17, 15) is 9.18 Å². The molecule has 7 nitrogen and oxygen atoms in total. The molecular formula is C19H19FN4O3. The van der Waals surface area contributed by atoms with Gasteiger partial charge in [-0.3, -0.25) is 0 Å². The second-order valence-electron chi connectivity index (χ2n) is 5.73. The summed E-state index contributed by atoms with van der Waals surface area (Å²) in [7, 11) is 2.71. The fraction of sp³-hybridized carbons (Fsp3) is 0.211. The van der Waals surface area contributed by atoms with E-state index in [1.165, 1.54) is 20.3 Å². The van der Waals surface area contributed by atoms with Crippen LogP contribution in [-0.4, -0.2) is 34.7 Å². The first-order valence-electron chi connectivity index (χ1n) is 8.19. The lowest BCUT2D eigenvalue weighted by Gasteiger charge is -2.11. The van der Waals surface area contributed by atoms with Crippen molar-refractivity contribution >= 4 is 11.8 Å². The molecule has 0 saturated carbocycles. The van der Waals surface area contributed by atoms with Crippen LogP contribution in [0.15, 0.2) is 42.7 Å². The number of benzene rings is 1. The maximum atomic E-state index is 14.5. The average Bonchev–Trinajstić information content (AvgIpc) is 3.11. The number of imidazole rings is 1. The third-order valence-corrected chi connectivity index (χ3v) is 4.03. The smallest absolute Gasteiger partial charge is 0.343 e. The second-order valence-corrected chi connectivity index (χ2v) is 5.73. The van der Waals surface area contributed by atoms with E-state index in [2.05, 4.69) is 20.0 Å². The van der Waals surface area contributed by atoms with Crippen molar-refractivity contribution in [1.29, 1.82) is 0 Å². The molecule has 0 amide bonds. The van der Waals surface area contributed by atoms with Crippen molar-refractivity contribution in [3.05, 3.63) is 65.5 Å². The molecule has 27 heavy (non-hydrogen) atoms. The van der Waals surface area contributed by atoms with Gasteiger partial charge in [-0.05, 0) is 36.8 Å². The summed E-state index contributed by atoms with van der Waals surface area (Å²) in [6, 6.07) is 8.18. The number of rotatable bonds is 6. The van der Waals surface area contributed by atoms with E-state index in [4.69, 9.17) is 4.74 Å². The maximum absolute atomic E-state index is 14.5. The van der Waals surface area contributed by atoms with Crippen molar-refractivity contribution in [2.45, 2.75) is 13.5 Å². The number of hydrogen-bond donors (Lipinski definition) is 1. The molecule has 0 spiro atoms. The van der Waals surface area contributed by atoms with Gasteiger partial charge in [-0.1, -0.05) is 6.07 Å². The summed E-state index contributed by atoms with van der Waals surface area (Å²) < 4.78 is 26.0. The van der Waals surface area contributed by atoms with Crippen molar-refractivity contribution in [2.75, 3.05) is 19.5 Å². The summed E-state index contributed by atoms with van der Waals surface area (Å²) >= 11 is 0. The minimum atomic E-state index is -0.529. The largest absolute Gasteiger partial charge is 0.480 e. The Morgan fingerprint density at radius 3 is 2.70 bits per heavy atom. The van der Waals surface area contributed by atoms with Gasteiger partial charge in [0.25, 0.3) is 0 Å². The van der Waals surface area contributed by atoms with Crippen LogP contribution in [0.1, 0.15) is 21.7 Å². The Morgan fingerprint density at radius 2 is 2.07 bits per heavy atom. The second kappa shape index (κ2) is 7.86. The molecule has 0 fully saturated rings. The van der Waals surface area contributed by atoms with Crippen molar-refractivity contribution in [1.82, 2.24) is 14.5 Å². The van der Waals surface area contributed by atoms with Crippen molar-refractivity contribution < 1.29 is 18.7 Å². The molecule has 1 aromatic carbocycles. The number of hydrogen-bond acceptors (Lipinski definition) is 6. The molecule has 0 aliphatic heterocycles. The normalized spacial score (nSPS) is 10.5. The van der Waals surface area contributed by atoms with E-state index in [0.717, 1.165) is 5.56 Å². The molecule has 2 aromatic heterocycles. The minimum Gasteiger partial charge on any atom is -0.480 e. The quantitative estimate of drug-likeness (QED) is 0.672. The van der Waals surface area contributed by atoms with E-state index in [0.29, 0.717) is 23.9 Å². The number of nitrogens with one attached hydrogen (secondary N) is 1. The van der Waals surface area contributed by atoms with Gasteiger partial charge in [-0.25, -0.2) is 14.2 Å². The van der Waals surface area contributed by atoms with Gasteiger partial charge >= 0.3 is 5.97 Å². The summed E-state index contributed by atoms with van der Waals surface area (Å²) in [5, 5.41) is 3.08. The first-order chi connectivity index (χ1) is 13.0. The van der Waals surface area contributed by atoms with E-state index >= 15 is 0 Å². The number of anilines is 1. The zero-order chi connectivity index (χ0) is 19.4. The molecule has 1 N–H and O–H groups in total. The first kappa shape index (κ1) is 18.4. The molecule has 3 rings (SSSR count). The SMILES string of the molecule is COC(=O)c1ccc(NCc2ccc(-n3ccnc3C)c(F)c2)nc1OC. The van der Waals surface area contributed by atoms with Gasteiger partial charge in [0.15, 0.2) is 0 Å². The van der Waals surface area contributed by atoms with E-state index < -0.39 is 5.97 Å². The fourth-order valence-corrected chi connectivity index (χ4v) is 2.64. The number of ether oxygens (including phenoxy) is 2. The number of carbonyl (C=O) groups is 1. The molecule has 0 bridgehead atoms. The zero-order valence-electron chi connectivity index (χ0n) is 15.2. The molecule has 0 unspecified atom stereocenters. The lowest BCUT2D eigenvalue weighted by molar-refractivity contribution is 0.0596. The Morgan fingerprint density at radius 1 is 1.26 bits per heavy atom. The van der Waals surface area contributed by atoms with Gasteiger partial charge in [0.2, 0.25) is 5.88 Å². The van der Waals surface area contributed by atoms with Gasteiger partial charge in [0, 0.05) is 18.9 Å². The van der Waals surface area contributed by atoms with Crippen LogP contribution in [0.4, 0.5) is 10.2 Å². The van der Waals surface area contributed by atoms with Gasteiger partial charge in [0.05, 0.1) is 19.9 Å². The number of esters is 1. The number of carbonyl (C=O) groups excluding carboxylic acids is 1. The number of halogens is 1. The summed E-state index contributed by atoms with van der Waals surface area (Å²) in [6.45, 7) is 2.17. The van der Waals surface area contributed by atoms with Crippen LogP contribution in [0.3, 0.4) is 0 Å². The van der Waals surface area contributed by atoms with Crippen LogP contribution in [0.5, 0.6) is 5.88 Å². The van der Waals surface area contributed by atoms with E-state index in [1.54, 1.807) is 35.2 Å². The van der Waals surface area contributed by atoms with Gasteiger partial charge in [-0.15, -0.1) is 0 Å². The number of aryl methyl sites for hydroxylation is 1. The lowest BCUT2D eigenvalue weighted by Crippen LogP contribution is -2.08. The summed E-state index contributed by atoms with van der Waals surface area (Å²) in [5.41, 5.74) is 1.42. The first-order valence-corrected chi connectivity index (χ1v) is 8.19. The lowest BCUT2D eigenvalue weighted by atomic mass is 10.2. The molecule has 0 radical (unpaired) electrons. The summed E-state index contributed by atoms with van der Waals surface area (Å²) in [5.74, 6) is 0.487. The Bertz CT molecular complexity index is 971. The van der Waals surface area contributed by atoms with Crippen LogP contribution in [0, 0.1) is 12.7 Å². The van der Waals surface area contributed by atoms with Crippen LogP contribution >= 0.6 is 0 Å². The van der Waals surface area contributed by atoms with Crippen LogP contribution in [-0.2, 0) is 11.3 Å². The highest BCUT2D eigenvalue weighted by molar-refractivity contribution is 5.92. The summed E-state index contributed by atoms with van der Waals surface area (Å²) in [6.07, 6.45) is 3.34. The number of aromatic nitrogens is 3. The predicted octanol–water partition coefficient (Wildman–Crippen LogP) is 3.12. The van der Waals surface area contributed by atoms with Gasteiger partial charge in [0.1, 0.15) is 23.0 Å². The van der Waals surface area contributed by atoms with Crippen molar-refractivity contribution in [2.24, 2.45) is 0 Å². The Balaban J connectivity index is 1.74. The molecule has 0 atom stereocenters. The topological polar surface area (TPSA) is 78.3 Å². The molecule has 0 saturated heterocycles. The summed E-state index contributed by atoms with van der Waals surface area (Å²) in [4.78, 5) is 20.0. The number of nitrogens with zero attached hydrogens (tertiary/aromatic N) is 3. The monoisotopic (exact) mass is 370 g/mol. The third kappa shape index (κ3) is 3.89. The van der Waals surface area contributed by atoms with E-state index in [-0.39, 0.29) is 17.3 Å². The molecule has 0 aliphatic rings. The van der Waals surface area contributed by atoms with Crippen LogP contribution < -0.4 is 10.1 Å². The fourth-order valence-electron chi connectivity index (χ4n) is 2.64. The highest BCUT2D eigenvalue weighted by Crippen LogP contribution is 2.21. The molecule has 2 heterocycles. The maximum Gasteiger partial charge on any atom is 0.343 e. The molecule has 0 aliphatic carbocycles. The van der Waals surface area contributed by atoms with Gasteiger partial charge < -0.3 is 19.4 Å². The van der Waals surface area contributed by atoms with Gasteiger partial charge in [-0.2, -0.15) is 4.98 Å². The molecule has 8 heteroatoms. The third-order valence-electron chi connectivity index (χ3n) is 4.03. The van der Waals surface area contributed by atoms with Crippen LogP contribution in [0.25, 0.3) is 5.69 Å². The Hall–Kier alpha value is -3.42. The van der Waals surface area contributed by atoms with Crippen LogP contribution in [0.2, 0.25) is 0 Å². The van der Waals surface area contributed by atoms with E-state index in [1.807, 2.05) is 13.0 Å². The van der Waals surface area contributed by atoms with Crippen molar-refractivity contribution in [3.63, 3.8) is 0 Å². The highest BCUT2D eigenvalue weighted by Gasteiger charge is 2.15. The number of methoxy groups -OCH3 is 2. The molecule has 140 valence electrons. The standard InChI is InChI=1S/C19H19FN4O3/c1-12-21-8-9-24(12)16-6-4-13(10-15(16)20)11-22-17-7-5-14(19(25)27-3)18(23-17)26-2/h4-10H,11H2,1-3H3,(H,22,23). The predicted molar refractivity (Wildman–Crippen MR) is 97.7 cm³/mol. The Kier molecular flexibility index (Phi) is 5.35. The minimum absolute atomic E-state index is 0.156. The number of pyridine rings is 1.